The van der Waals surface area contributed by atoms with E-state index in [1.807, 2.05) is 42.5 Å². The average Bonchev–Trinajstić information content (AvgIpc) is 2.69. The van der Waals surface area contributed by atoms with Gasteiger partial charge in [0.15, 0.2) is 0 Å². The molecule has 5 nitrogen and oxygen atoms in total. The molecule has 0 aliphatic carbocycles. The predicted octanol–water partition coefficient (Wildman–Crippen LogP) is 3.21. The van der Waals surface area contributed by atoms with Gasteiger partial charge in [-0.1, -0.05) is 60.1 Å². The molecule has 0 aromatic heterocycles. The highest BCUT2D eigenvalue weighted by Crippen LogP contribution is 2.21. The Morgan fingerprint density at radius 1 is 1.04 bits per heavy atom. The summed E-state index contributed by atoms with van der Waals surface area (Å²) in [5.41, 5.74) is 2.10. The maximum absolute atomic E-state index is 12.2. The van der Waals surface area contributed by atoms with Crippen LogP contribution in [0.25, 0.3) is 0 Å². The number of rotatable bonds is 6. The molecule has 1 atom stereocenters. The highest BCUT2D eigenvalue weighted by Gasteiger charge is 2.23. The smallest absolute Gasteiger partial charge is 0.315 e. The van der Waals surface area contributed by atoms with Crippen molar-refractivity contribution in [3.05, 3.63) is 70.7 Å². The largest absolute Gasteiger partial charge is 0.379 e. The third-order valence-electron chi connectivity index (χ3n) is 4.52. The van der Waals surface area contributed by atoms with E-state index in [2.05, 4.69) is 27.7 Å². The zero-order chi connectivity index (χ0) is 18.2. The summed E-state index contributed by atoms with van der Waals surface area (Å²) in [6.45, 7) is 4.12. The van der Waals surface area contributed by atoms with Gasteiger partial charge in [0.05, 0.1) is 19.3 Å². The lowest BCUT2D eigenvalue weighted by Gasteiger charge is -2.34. The predicted molar refractivity (Wildman–Crippen MR) is 103 cm³/mol. The van der Waals surface area contributed by atoms with Gasteiger partial charge >= 0.3 is 6.03 Å². The van der Waals surface area contributed by atoms with E-state index in [0.29, 0.717) is 18.1 Å². The number of morpholine rings is 1. The standard InChI is InChI=1S/C20H24ClN3O2/c21-18-9-5-4-8-17(18)14-22-20(25)23-15-19(16-6-2-1-3-7-16)24-10-12-26-13-11-24/h1-9,19H,10-15H2,(H2,22,23,25)/t19-/m0/s1. The molecule has 0 saturated carbocycles. The molecule has 1 aliphatic rings. The number of hydrogen-bond donors (Lipinski definition) is 2. The van der Waals surface area contributed by atoms with E-state index in [-0.39, 0.29) is 12.1 Å². The third kappa shape index (κ3) is 5.21. The van der Waals surface area contributed by atoms with Crippen molar-refractivity contribution in [1.82, 2.24) is 15.5 Å². The van der Waals surface area contributed by atoms with Crippen molar-refractivity contribution in [3.63, 3.8) is 0 Å². The molecular formula is C20H24ClN3O2. The third-order valence-corrected chi connectivity index (χ3v) is 4.89. The van der Waals surface area contributed by atoms with E-state index in [1.165, 1.54) is 5.56 Å². The molecule has 0 spiro atoms. The molecule has 1 saturated heterocycles. The van der Waals surface area contributed by atoms with E-state index >= 15 is 0 Å². The van der Waals surface area contributed by atoms with Crippen LogP contribution < -0.4 is 10.6 Å². The van der Waals surface area contributed by atoms with E-state index < -0.39 is 0 Å². The van der Waals surface area contributed by atoms with Gasteiger partial charge in [-0.2, -0.15) is 0 Å². The van der Waals surface area contributed by atoms with Crippen LogP contribution in [0.2, 0.25) is 5.02 Å². The fraction of sp³-hybridized carbons (Fsp3) is 0.350. The van der Waals surface area contributed by atoms with Crippen molar-refractivity contribution in [1.29, 1.82) is 0 Å². The van der Waals surface area contributed by atoms with Crippen LogP contribution in [-0.2, 0) is 11.3 Å². The van der Waals surface area contributed by atoms with Crippen molar-refractivity contribution >= 4 is 17.6 Å². The number of halogens is 1. The first-order valence-electron chi connectivity index (χ1n) is 8.86. The molecule has 1 aliphatic heterocycles. The average molecular weight is 374 g/mol. The van der Waals surface area contributed by atoms with Gasteiger partial charge in [-0.05, 0) is 17.2 Å². The monoisotopic (exact) mass is 373 g/mol. The lowest BCUT2D eigenvalue weighted by atomic mass is 10.0. The Morgan fingerprint density at radius 2 is 1.73 bits per heavy atom. The lowest BCUT2D eigenvalue weighted by molar-refractivity contribution is 0.0167. The summed E-state index contributed by atoms with van der Waals surface area (Å²) in [5.74, 6) is 0. The maximum Gasteiger partial charge on any atom is 0.315 e. The SMILES string of the molecule is O=C(NCc1ccccc1Cl)NC[C@@H](c1ccccc1)N1CCOCC1. The van der Waals surface area contributed by atoms with E-state index in [0.717, 1.165) is 31.9 Å². The molecule has 0 unspecified atom stereocenters. The molecule has 1 heterocycles. The second-order valence-corrected chi connectivity index (χ2v) is 6.64. The summed E-state index contributed by atoms with van der Waals surface area (Å²) in [7, 11) is 0. The summed E-state index contributed by atoms with van der Waals surface area (Å²) in [6, 6.07) is 17.7. The van der Waals surface area contributed by atoms with Crippen molar-refractivity contribution in [2.75, 3.05) is 32.8 Å². The Bertz CT molecular complexity index is 705. The number of nitrogens with zero attached hydrogens (tertiary/aromatic N) is 1. The van der Waals surface area contributed by atoms with E-state index in [9.17, 15) is 4.79 Å². The Kier molecular flexibility index (Phi) is 6.89. The van der Waals surface area contributed by atoms with Crippen LogP contribution in [-0.4, -0.2) is 43.8 Å². The number of carbonyl (C=O) groups excluding carboxylic acids is 1. The molecule has 2 amide bonds. The van der Waals surface area contributed by atoms with Gasteiger partial charge in [0.2, 0.25) is 0 Å². The Morgan fingerprint density at radius 3 is 2.46 bits per heavy atom. The highest BCUT2D eigenvalue weighted by atomic mass is 35.5. The molecule has 6 heteroatoms. The molecule has 0 radical (unpaired) electrons. The number of ether oxygens (including phenoxy) is 1. The van der Waals surface area contributed by atoms with Gasteiger partial charge in [0, 0.05) is 31.2 Å². The van der Waals surface area contributed by atoms with Crippen LogP contribution >= 0.6 is 11.6 Å². The molecule has 1 fully saturated rings. The van der Waals surface area contributed by atoms with Gasteiger partial charge in [0.1, 0.15) is 0 Å². The van der Waals surface area contributed by atoms with Crippen LogP contribution in [0.1, 0.15) is 17.2 Å². The van der Waals surface area contributed by atoms with Crippen LogP contribution in [0, 0.1) is 0 Å². The second kappa shape index (κ2) is 9.57. The van der Waals surface area contributed by atoms with Gasteiger partial charge < -0.3 is 15.4 Å². The summed E-state index contributed by atoms with van der Waals surface area (Å²) in [6.07, 6.45) is 0. The van der Waals surface area contributed by atoms with Gasteiger partial charge in [0.25, 0.3) is 0 Å². The van der Waals surface area contributed by atoms with Crippen LogP contribution in [0.4, 0.5) is 4.79 Å². The Hall–Kier alpha value is -2.08. The summed E-state index contributed by atoms with van der Waals surface area (Å²) >= 11 is 6.13. The molecule has 0 bridgehead atoms. The summed E-state index contributed by atoms with van der Waals surface area (Å²) in [4.78, 5) is 14.6. The molecule has 2 N–H and O–H groups in total. The number of benzene rings is 2. The van der Waals surface area contributed by atoms with Gasteiger partial charge in [-0.25, -0.2) is 4.79 Å². The van der Waals surface area contributed by atoms with E-state index in [4.69, 9.17) is 16.3 Å². The number of nitrogens with one attached hydrogen (secondary N) is 2. The van der Waals surface area contributed by atoms with Crippen LogP contribution in [0.5, 0.6) is 0 Å². The minimum atomic E-state index is -0.195. The Balaban J connectivity index is 1.56. The Labute approximate surface area is 159 Å². The summed E-state index contributed by atoms with van der Waals surface area (Å²) < 4.78 is 5.46. The molecule has 2 aromatic carbocycles. The van der Waals surface area contributed by atoms with Crippen molar-refractivity contribution in [2.24, 2.45) is 0 Å². The highest BCUT2D eigenvalue weighted by molar-refractivity contribution is 6.31. The molecule has 138 valence electrons. The van der Waals surface area contributed by atoms with Gasteiger partial charge in [-0.15, -0.1) is 0 Å². The topological polar surface area (TPSA) is 53.6 Å². The molecule has 3 rings (SSSR count). The molecule has 26 heavy (non-hydrogen) atoms. The van der Waals surface area contributed by atoms with Crippen molar-refractivity contribution in [2.45, 2.75) is 12.6 Å². The van der Waals surface area contributed by atoms with Crippen molar-refractivity contribution in [3.8, 4) is 0 Å². The summed E-state index contributed by atoms with van der Waals surface area (Å²) in [5, 5.41) is 6.52. The first-order chi connectivity index (χ1) is 12.7. The quantitative estimate of drug-likeness (QED) is 0.817. The van der Waals surface area contributed by atoms with E-state index in [1.54, 1.807) is 0 Å². The first-order valence-corrected chi connectivity index (χ1v) is 9.23. The fourth-order valence-corrected chi connectivity index (χ4v) is 3.29. The van der Waals surface area contributed by atoms with Crippen LogP contribution in [0.3, 0.4) is 0 Å². The normalized spacial score (nSPS) is 16.0. The van der Waals surface area contributed by atoms with Crippen molar-refractivity contribution < 1.29 is 9.53 Å². The molecular weight excluding hydrogens is 350 g/mol. The fourth-order valence-electron chi connectivity index (χ4n) is 3.09. The minimum absolute atomic E-state index is 0.131. The number of urea groups is 1. The zero-order valence-electron chi connectivity index (χ0n) is 14.7. The number of hydrogen-bond acceptors (Lipinski definition) is 3. The second-order valence-electron chi connectivity index (χ2n) is 6.23. The maximum atomic E-state index is 12.2. The van der Waals surface area contributed by atoms with Gasteiger partial charge in [-0.3, -0.25) is 4.90 Å². The lowest BCUT2D eigenvalue weighted by Crippen LogP contribution is -2.45. The first kappa shape index (κ1) is 18.7. The number of amides is 2. The zero-order valence-corrected chi connectivity index (χ0v) is 15.4. The molecule has 2 aromatic rings. The minimum Gasteiger partial charge on any atom is -0.379 e. The van der Waals surface area contributed by atoms with Crippen LogP contribution in [0.15, 0.2) is 54.6 Å². The number of carbonyl (C=O) groups is 1.